The normalized spacial score (nSPS) is 14.7. The van der Waals surface area contributed by atoms with Crippen LogP contribution in [-0.4, -0.2) is 23.7 Å². The number of ether oxygens (including phenoxy) is 2. The molecule has 1 aliphatic rings. The van der Waals surface area contributed by atoms with Crippen LogP contribution in [0, 0.1) is 0 Å². The van der Waals surface area contributed by atoms with Gasteiger partial charge in [0.1, 0.15) is 6.61 Å². The molecule has 156 valence electrons. The molecule has 1 aromatic heterocycles. The molecule has 6 nitrogen and oxygen atoms in total. The molecule has 2 heterocycles. The lowest BCUT2D eigenvalue weighted by Gasteiger charge is -2.14. The number of pyridine rings is 1. The van der Waals surface area contributed by atoms with Crippen molar-refractivity contribution in [1.29, 1.82) is 0 Å². The number of hydrazone groups is 1. The number of carbonyl (C=O) groups is 1. The highest BCUT2D eigenvalue weighted by atomic mass is 79.9. The van der Waals surface area contributed by atoms with E-state index in [4.69, 9.17) is 9.47 Å². The molecule has 0 bridgehead atoms. The lowest BCUT2D eigenvalue weighted by atomic mass is 10.1. The Hall–Kier alpha value is -3.45. The molecule has 0 unspecified atom stereocenters. The predicted molar refractivity (Wildman–Crippen MR) is 124 cm³/mol. The molecule has 0 saturated carbocycles. The molecular weight excluding hydrogens is 458 g/mol. The number of anilines is 1. The summed E-state index contributed by atoms with van der Waals surface area (Å²) in [5.41, 5.74) is 3.51. The fourth-order valence-corrected chi connectivity index (χ4v) is 3.76. The average Bonchev–Trinajstić information content (AvgIpc) is 3.07. The summed E-state index contributed by atoms with van der Waals surface area (Å²) in [7, 11) is 1.58. The maximum Gasteiger partial charge on any atom is 0.280 e. The molecule has 0 saturated heterocycles. The Balaban J connectivity index is 1.60. The van der Waals surface area contributed by atoms with Crippen molar-refractivity contribution in [3.8, 4) is 11.5 Å². The van der Waals surface area contributed by atoms with Crippen LogP contribution in [0.3, 0.4) is 0 Å². The molecule has 0 fully saturated rings. The van der Waals surface area contributed by atoms with Gasteiger partial charge in [0.25, 0.3) is 5.91 Å². The molecule has 0 radical (unpaired) electrons. The van der Waals surface area contributed by atoms with Crippen molar-refractivity contribution >= 4 is 39.3 Å². The highest BCUT2D eigenvalue weighted by Crippen LogP contribution is 2.38. The first-order chi connectivity index (χ1) is 15.1. The number of amides is 1. The highest BCUT2D eigenvalue weighted by molar-refractivity contribution is 9.10. The van der Waals surface area contributed by atoms with Gasteiger partial charge in [-0.15, -0.1) is 0 Å². The predicted octanol–water partition coefficient (Wildman–Crippen LogP) is 5.24. The van der Waals surface area contributed by atoms with Crippen LogP contribution in [0.5, 0.6) is 11.5 Å². The number of methoxy groups -OCH3 is 1. The maximum atomic E-state index is 13.0. The lowest BCUT2D eigenvalue weighted by Crippen LogP contribution is -2.21. The summed E-state index contributed by atoms with van der Waals surface area (Å²) < 4.78 is 12.2. The first-order valence-electron chi connectivity index (χ1n) is 9.64. The van der Waals surface area contributed by atoms with Crippen molar-refractivity contribution in [1.82, 2.24) is 4.98 Å². The SMILES string of the molecule is COc1cc(/C=C2/C(=O)N(c3ccccc3)N=C2C)cc(Br)c1OCc1ccccn1. The van der Waals surface area contributed by atoms with Gasteiger partial charge in [-0.1, -0.05) is 24.3 Å². The first-order valence-corrected chi connectivity index (χ1v) is 10.4. The van der Waals surface area contributed by atoms with Crippen LogP contribution in [0.25, 0.3) is 6.08 Å². The Labute approximate surface area is 189 Å². The van der Waals surface area contributed by atoms with Crippen molar-refractivity contribution in [3.05, 3.63) is 88.2 Å². The molecular formula is C24H20BrN3O3. The van der Waals surface area contributed by atoms with E-state index in [9.17, 15) is 4.79 Å². The van der Waals surface area contributed by atoms with E-state index >= 15 is 0 Å². The van der Waals surface area contributed by atoms with Crippen LogP contribution in [0.15, 0.2) is 82.0 Å². The number of hydrogen-bond donors (Lipinski definition) is 0. The third-order valence-electron chi connectivity index (χ3n) is 4.72. The molecule has 0 spiro atoms. The Morgan fingerprint density at radius 2 is 1.87 bits per heavy atom. The van der Waals surface area contributed by atoms with Gasteiger partial charge in [-0.05, 0) is 70.9 Å². The molecule has 0 atom stereocenters. The summed E-state index contributed by atoms with van der Waals surface area (Å²) in [5, 5.41) is 5.83. The first kappa shape index (κ1) is 20.8. The minimum atomic E-state index is -0.172. The Morgan fingerprint density at radius 3 is 2.58 bits per heavy atom. The van der Waals surface area contributed by atoms with Crippen LogP contribution < -0.4 is 14.5 Å². The van der Waals surface area contributed by atoms with Gasteiger partial charge in [0.2, 0.25) is 0 Å². The third-order valence-corrected chi connectivity index (χ3v) is 5.31. The Morgan fingerprint density at radius 1 is 1.10 bits per heavy atom. The number of carbonyl (C=O) groups excluding carboxylic acids is 1. The fourth-order valence-electron chi connectivity index (χ4n) is 3.19. The summed E-state index contributed by atoms with van der Waals surface area (Å²) >= 11 is 3.56. The Bertz CT molecular complexity index is 1160. The zero-order valence-corrected chi connectivity index (χ0v) is 18.7. The molecule has 3 aromatic rings. The third kappa shape index (κ3) is 4.51. The molecule has 1 aliphatic heterocycles. The van der Waals surface area contributed by atoms with Gasteiger partial charge in [0.05, 0.1) is 34.2 Å². The van der Waals surface area contributed by atoms with Crippen molar-refractivity contribution in [2.75, 3.05) is 12.1 Å². The zero-order valence-electron chi connectivity index (χ0n) is 17.1. The molecule has 2 aromatic carbocycles. The van der Waals surface area contributed by atoms with Gasteiger partial charge >= 0.3 is 0 Å². The topological polar surface area (TPSA) is 64.0 Å². The van der Waals surface area contributed by atoms with Crippen LogP contribution in [0.2, 0.25) is 0 Å². The van der Waals surface area contributed by atoms with E-state index in [-0.39, 0.29) is 5.91 Å². The number of hydrogen-bond acceptors (Lipinski definition) is 5. The minimum Gasteiger partial charge on any atom is -0.493 e. The number of nitrogens with zero attached hydrogens (tertiary/aromatic N) is 3. The van der Waals surface area contributed by atoms with E-state index in [1.807, 2.05) is 67.6 Å². The number of benzene rings is 2. The summed E-state index contributed by atoms with van der Waals surface area (Å²) in [5.74, 6) is 0.954. The second kappa shape index (κ2) is 9.14. The number of para-hydroxylation sites is 1. The minimum absolute atomic E-state index is 0.172. The summed E-state index contributed by atoms with van der Waals surface area (Å²) in [4.78, 5) is 17.2. The Kier molecular flexibility index (Phi) is 6.13. The van der Waals surface area contributed by atoms with E-state index in [1.54, 1.807) is 19.4 Å². The molecule has 31 heavy (non-hydrogen) atoms. The quantitative estimate of drug-likeness (QED) is 0.455. The lowest BCUT2D eigenvalue weighted by molar-refractivity contribution is -0.114. The van der Waals surface area contributed by atoms with Gasteiger partial charge in [0.15, 0.2) is 11.5 Å². The highest BCUT2D eigenvalue weighted by Gasteiger charge is 2.28. The molecule has 1 amide bonds. The smallest absolute Gasteiger partial charge is 0.280 e. The molecule has 7 heteroatoms. The zero-order chi connectivity index (χ0) is 21.8. The van der Waals surface area contributed by atoms with Crippen LogP contribution in [-0.2, 0) is 11.4 Å². The van der Waals surface area contributed by atoms with Crippen LogP contribution in [0.4, 0.5) is 5.69 Å². The summed E-state index contributed by atoms with van der Waals surface area (Å²) in [6.07, 6.45) is 3.53. The monoisotopic (exact) mass is 477 g/mol. The van der Waals surface area contributed by atoms with E-state index in [0.717, 1.165) is 21.4 Å². The summed E-state index contributed by atoms with van der Waals surface area (Å²) in [6, 6.07) is 18.7. The van der Waals surface area contributed by atoms with Crippen LogP contribution in [0.1, 0.15) is 18.2 Å². The average molecular weight is 478 g/mol. The largest absolute Gasteiger partial charge is 0.493 e. The van der Waals surface area contributed by atoms with Crippen molar-refractivity contribution in [2.45, 2.75) is 13.5 Å². The second-order valence-corrected chi connectivity index (χ2v) is 7.69. The van der Waals surface area contributed by atoms with Gasteiger partial charge in [-0.25, -0.2) is 0 Å². The number of halogens is 1. The van der Waals surface area contributed by atoms with Gasteiger partial charge < -0.3 is 9.47 Å². The van der Waals surface area contributed by atoms with Gasteiger partial charge in [-0.3, -0.25) is 9.78 Å². The van der Waals surface area contributed by atoms with Crippen LogP contribution >= 0.6 is 15.9 Å². The van der Waals surface area contributed by atoms with Crippen molar-refractivity contribution in [2.24, 2.45) is 5.10 Å². The van der Waals surface area contributed by atoms with Gasteiger partial charge in [-0.2, -0.15) is 10.1 Å². The van der Waals surface area contributed by atoms with E-state index in [1.165, 1.54) is 5.01 Å². The maximum absolute atomic E-state index is 13.0. The molecule has 0 N–H and O–H groups in total. The molecule has 0 aliphatic carbocycles. The second-order valence-electron chi connectivity index (χ2n) is 6.84. The number of rotatable bonds is 6. The molecule has 4 rings (SSSR count). The fraction of sp³-hybridized carbons (Fsp3) is 0.125. The van der Waals surface area contributed by atoms with E-state index < -0.39 is 0 Å². The van der Waals surface area contributed by atoms with Crippen molar-refractivity contribution in [3.63, 3.8) is 0 Å². The van der Waals surface area contributed by atoms with E-state index in [0.29, 0.717) is 29.4 Å². The standard InChI is InChI=1S/C24H20BrN3O3/c1-16-20(24(29)28(27-16)19-9-4-3-5-10-19)12-17-13-21(25)23(22(14-17)30-2)31-15-18-8-6-7-11-26-18/h3-14H,15H2,1-2H3/b20-12+. The van der Waals surface area contributed by atoms with Gasteiger partial charge in [0, 0.05) is 6.20 Å². The van der Waals surface area contributed by atoms with Crippen molar-refractivity contribution < 1.29 is 14.3 Å². The number of aromatic nitrogens is 1. The summed E-state index contributed by atoms with van der Waals surface area (Å²) in [6.45, 7) is 2.13. The van der Waals surface area contributed by atoms with E-state index in [2.05, 4.69) is 26.0 Å².